The van der Waals surface area contributed by atoms with E-state index < -0.39 is 17.6 Å². The van der Waals surface area contributed by atoms with Gasteiger partial charge in [-0.25, -0.2) is 0 Å². The molecular formula is C21H20ClF3N4O2. The fourth-order valence-corrected chi connectivity index (χ4v) is 2.97. The predicted octanol–water partition coefficient (Wildman–Crippen LogP) is 5.44. The molecule has 0 unspecified atom stereocenters. The van der Waals surface area contributed by atoms with Gasteiger partial charge in [0.05, 0.1) is 11.3 Å². The van der Waals surface area contributed by atoms with Gasteiger partial charge in [-0.15, -0.1) is 0 Å². The molecular weight excluding hydrogens is 433 g/mol. The number of hydrogen-bond donors (Lipinski definition) is 1. The van der Waals surface area contributed by atoms with Gasteiger partial charge in [0, 0.05) is 43.2 Å². The zero-order chi connectivity index (χ0) is 22.6. The SMILES string of the molecule is CN(C)c1ccc(NC(=O)CCCc2nc(-c3ccc(Cl)cc3)no2)c(C(F)(F)F)c1. The van der Waals surface area contributed by atoms with Crippen LogP contribution in [0.2, 0.25) is 5.02 Å². The summed E-state index contributed by atoms with van der Waals surface area (Å²) in [5.41, 5.74) is -0.0429. The first-order valence-corrected chi connectivity index (χ1v) is 9.78. The van der Waals surface area contributed by atoms with Gasteiger partial charge >= 0.3 is 6.18 Å². The molecule has 0 radical (unpaired) electrons. The molecule has 164 valence electrons. The number of hydrogen-bond acceptors (Lipinski definition) is 5. The highest BCUT2D eigenvalue weighted by Crippen LogP contribution is 2.37. The van der Waals surface area contributed by atoms with Crippen molar-refractivity contribution in [3.63, 3.8) is 0 Å². The van der Waals surface area contributed by atoms with Crippen LogP contribution in [0.25, 0.3) is 11.4 Å². The Hall–Kier alpha value is -3.07. The van der Waals surface area contributed by atoms with Crippen molar-refractivity contribution in [3.05, 3.63) is 58.9 Å². The van der Waals surface area contributed by atoms with E-state index in [1.807, 2.05) is 0 Å². The number of nitrogens with one attached hydrogen (secondary N) is 1. The molecule has 1 N–H and O–H groups in total. The van der Waals surface area contributed by atoms with E-state index in [-0.39, 0.29) is 12.1 Å². The second-order valence-electron chi connectivity index (χ2n) is 7.04. The third kappa shape index (κ3) is 5.97. The van der Waals surface area contributed by atoms with Gasteiger partial charge in [-0.05, 0) is 48.9 Å². The van der Waals surface area contributed by atoms with Gasteiger partial charge < -0.3 is 14.7 Å². The zero-order valence-electron chi connectivity index (χ0n) is 16.8. The second-order valence-corrected chi connectivity index (χ2v) is 7.48. The van der Waals surface area contributed by atoms with Gasteiger partial charge in [0.2, 0.25) is 17.6 Å². The number of aryl methyl sites for hydroxylation is 1. The summed E-state index contributed by atoms with van der Waals surface area (Å²) < 4.78 is 45.3. The topological polar surface area (TPSA) is 71.3 Å². The first-order valence-electron chi connectivity index (χ1n) is 9.40. The Morgan fingerprint density at radius 3 is 2.52 bits per heavy atom. The van der Waals surface area contributed by atoms with E-state index in [9.17, 15) is 18.0 Å². The van der Waals surface area contributed by atoms with Gasteiger partial charge in [0.15, 0.2) is 0 Å². The van der Waals surface area contributed by atoms with Gasteiger partial charge in [0.25, 0.3) is 0 Å². The lowest BCUT2D eigenvalue weighted by molar-refractivity contribution is -0.136. The molecule has 0 aliphatic rings. The molecule has 2 aromatic carbocycles. The van der Waals surface area contributed by atoms with Gasteiger partial charge in [-0.3, -0.25) is 4.79 Å². The molecule has 0 bridgehead atoms. The summed E-state index contributed by atoms with van der Waals surface area (Å²) in [6.07, 6.45) is -3.92. The van der Waals surface area contributed by atoms with Crippen molar-refractivity contribution in [2.75, 3.05) is 24.3 Å². The molecule has 0 atom stereocenters. The lowest BCUT2D eigenvalue weighted by Gasteiger charge is -2.18. The summed E-state index contributed by atoms with van der Waals surface area (Å²) in [6, 6.07) is 10.7. The number of alkyl halides is 3. The number of amides is 1. The smallest absolute Gasteiger partial charge is 0.378 e. The lowest BCUT2D eigenvalue weighted by Crippen LogP contribution is -2.18. The summed E-state index contributed by atoms with van der Waals surface area (Å²) in [5, 5.41) is 6.82. The molecule has 1 amide bonds. The normalized spacial score (nSPS) is 11.4. The van der Waals surface area contributed by atoms with Crippen molar-refractivity contribution in [2.45, 2.75) is 25.4 Å². The van der Waals surface area contributed by atoms with Crippen LogP contribution in [0.4, 0.5) is 24.5 Å². The first kappa shape index (κ1) is 22.6. The summed E-state index contributed by atoms with van der Waals surface area (Å²) in [5.74, 6) is 0.205. The molecule has 31 heavy (non-hydrogen) atoms. The van der Waals surface area contributed by atoms with Crippen molar-refractivity contribution in [3.8, 4) is 11.4 Å². The Balaban J connectivity index is 1.58. The Bertz CT molecular complexity index is 1050. The minimum Gasteiger partial charge on any atom is -0.378 e. The van der Waals surface area contributed by atoms with E-state index in [4.69, 9.17) is 16.1 Å². The van der Waals surface area contributed by atoms with E-state index in [0.29, 0.717) is 35.3 Å². The van der Waals surface area contributed by atoms with Crippen molar-refractivity contribution in [1.82, 2.24) is 10.1 Å². The fourth-order valence-electron chi connectivity index (χ4n) is 2.84. The minimum absolute atomic E-state index is 0.00534. The number of anilines is 2. The van der Waals surface area contributed by atoms with Crippen LogP contribution < -0.4 is 10.2 Å². The van der Waals surface area contributed by atoms with Gasteiger partial charge in [-0.1, -0.05) is 16.8 Å². The maximum Gasteiger partial charge on any atom is 0.418 e. The molecule has 6 nitrogen and oxygen atoms in total. The fraction of sp³-hybridized carbons (Fsp3) is 0.286. The Kier molecular flexibility index (Phi) is 6.84. The standard InChI is InChI=1S/C21H20ClF3N4O2/c1-29(2)15-10-11-17(16(12-15)21(23,24)25)26-18(30)4-3-5-19-27-20(28-31-19)13-6-8-14(22)9-7-13/h6-12H,3-5H2,1-2H3,(H,26,30). The van der Waals surface area contributed by atoms with Crippen molar-refractivity contribution in [1.29, 1.82) is 0 Å². The predicted molar refractivity (Wildman–Crippen MR) is 112 cm³/mol. The average molecular weight is 453 g/mol. The Morgan fingerprint density at radius 2 is 1.87 bits per heavy atom. The van der Waals surface area contributed by atoms with E-state index in [1.54, 1.807) is 43.3 Å². The van der Waals surface area contributed by atoms with Crippen LogP contribution in [0.5, 0.6) is 0 Å². The summed E-state index contributed by atoms with van der Waals surface area (Å²) >= 11 is 5.85. The second kappa shape index (κ2) is 9.38. The molecule has 1 heterocycles. The highest BCUT2D eigenvalue weighted by atomic mass is 35.5. The quantitative estimate of drug-likeness (QED) is 0.517. The largest absolute Gasteiger partial charge is 0.418 e. The van der Waals surface area contributed by atoms with Crippen LogP contribution in [0.3, 0.4) is 0 Å². The summed E-state index contributed by atoms with van der Waals surface area (Å²) in [4.78, 5) is 18.0. The molecule has 0 aliphatic heterocycles. The number of rotatable bonds is 7. The van der Waals surface area contributed by atoms with Crippen LogP contribution in [0.15, 0.2) is 47.0 Å². The van der Waals surface area contributed by atoms with Crippen LogP contribution in [0.1, 0.15) is 24.3 Å². The van der Waals surface area contributed by atoms with Crippen LogP contribution >= 0.6 is 11.6 Å². The minimum atomic E-state index is -4.59. The van der Waals surface area contributed by atoms with E-state index in [2.05, 4.69) is 15.5 Å². The highest BCUT2D eigenvalue weighted by molar-refractivity contribution is 6.30. The van der Waals surface area contributed by atoms with E-state index >= 15 is 0 Å². The highest BCUT2D eigenvalue weighted by Gasteiger charge is 2.34. The molecule has 3 aromatic rings. The number of benzene rings is 2. The molecule has 3 rings (SSSR count). The Labute approximate surface area is 182 Å². The molecule has 0 aliphatic carbocycles. The Morgan fingerprint density at radius 1 is 1.16 bits per heavy atom. The first-order chi connectivity index (χ1) is 14.6. The summed E-state index contributed by atoms with van der Waals surface area (Å²) in [6.45, 7) is 0. The average Bonchev–Trinajstić information content (AvgIpc) is 3.16. The van der Waals surface area contributed by atoms with Crippen molar-refractivity contribution >= 4 is 28.9 Å². The zero-order valence-corrected chi connectivity index (χ0v) is 17.6. The lowest BCUT2D eigenvalue weighted by atomic mass is 10.1. The van der Waals surface area contributed by atoms with Crippen LogP contribution in [0, 0.1) is 0 Å². The van der Waals surface area contributed by atoms with Gasteiger partial charge in [-0.2, -0.15) is 18.2 Å². The monoisotopic (exact) mass is 452 g/mol. The maximum atomic E-state index is 13.4. The molecule has 0 spiro atoms. The van der Waals surface area contributed by atoms with Crippen LogP contribution in [-0.2, 0) is 17.4 Å². The third-order valence-corrected chi connectivity index (χ3v) is 4.72. The van der Waals surface area contributed by atoms with Crippen LogP contribution in [-0.4, -0.2) is 30.1 Å². The molecule has 10 heteroatoms. The molecule has 0 saturated carbocycles. The van der Waals surface area contributed by atoms with Gasteiger partial charge in [0.1, 0.15) is 0 Å². The summed E-state index contributed by atoms with van der Waals surface area (Å²) in [7, 11) is 3.28. The third-order valence-electron chi connectivity index (χ3n) is 4.46. The molecule has 0 saturated heterocycles. The van der Waals surface area contributed by atoms with Crippen molar-refractivity contribution in [2.24, 2.45) is 0 Å². The molecule has 0 fully saturated rings. The number of halogens is 4. The number of aromatic nitrogens is 2. The number of carbonyl (C=O) groups is 1. The van der Waals surface area contributed by atoms with E-state index in [1.165, 1.54) is 12.1 Å². The maximum absolute atomic E-state index is 13.4. The number of nitrogens with zero attached hydrogens (tertiary/aromatic N) is 3. The number of carbonyl (C=O) groups excluding carboxylic acids is 1. The van der Waals surface area contributed by atoms with Crippen molar-refractivity contribution < 1.29 is 22.5 Å². The van der Waals surface area contributed by atoms with E-state index in [0.717, 1.165) is 11.6 Å². The molecule has 1 aromatic heterocycles.